The molecule has 0 saturated heterocycles. The van der Waals surface area contributed by atoms with Crippen LogP contribution < -0.4 is 10.6 Å². The molecule has 0 saturated carbocycles. The zero-order valence-electron chi connectivity index (χ0n) is 12.5. The molecule has 0 bridgehead atoms. The van der Waals surface area contributed by atoms with Gasteiger partial charge in [0.2, 0.25) is 0 Å². The first-order chi connectivity index (χ1) is 10.0. The summed E-state index contributed by atoms with van der Waals surface area (Å²) in [6, 6.07) is 10.3. The molecule has 0 unspecified atom stereocenters. The van der Waals surface area contributed by atoms with Gasteiger partial charge < -0.3 is 10.6 Å². The van der Waals surface area contributed by atoms with E-state index in [1.165, 1.54) is 6.07 Å². The van der Waals surface area contributed by atoms with Crippen LogP contribution in [0.5, 0.6) is 0 Å². The molecule has 0 spiro atoms. The number of carbonyl (C=O) groups excluding carboxylic acids is 1. The summed E-state index contributed by atoms with van der Waals surface area (Å²) in [5.74, 6) is -0.751. The largest absolute Gasteiger partial charge is 0.385 e. The predicted molar refractivity (Wildman–Crippen MR) is 84.4 cm³/mol. The standard InChI is InChI=1S/C17H19FN2O/c1-4-19-15-7-5-11(2)9-13(15)17(21)20-16-8-6-12(3)10-14(16)18/h5-10,19H,4H2,1-3H3,(H,20,21). The second kappa shape index (κ2) is 6.39. The molecule has 0 atom stereocenters. The molecular weight excluding hydrogens is 267 g/mol. The van der Waals surface area contributed by atoms with Crippen LogP contribution in [0.2, 0.25) is 0 Å². The quantitative estimate of drug-likeness (QED) is 0.887. The van der Waals surface area contributed by atoms with Gasteiger partial charge in [-0.15, -0.1) is 0 Å². The van der Waals surface area contributed by atoms with Gasteiger partial charge in [0.15, 0.2) is 0 Å². The summed E-state index contributed by atoms with van der Waals surface area (Å²) in [7, 11) is 0. The summed E-state index contributed by atoms with van der Waals surface area (Å²) >= 11 is 0. The van der Waals surface area contributed by atoms with Gasteiger partial charge in [-0.3, -0.25) is 4.79 Å². The van der Waals surface area contributed by atoms with Gasteiger partial charge in [0.25, 0.3) is 5.91 Å². The van der Waals surface area contributed by atoms with Crippen LogP contribution in [0.3, 0.4) is 0 Å². The average molecular weight is 286 g/mol. The van der Waals surface area contributed by atoms with E-state index < -0.39 is 5.82 Å². The van der Waals surface area contributed by atoms with E-state index in [1.807, 2.05) is 26.0 Å². The van der Waals surface area contributed by atoms with Crippen molar-refractivity contribution >= 4 is 17.3 Å². The minimum atomic E-state index is -0.430. The van der Waals surface area contributed by atoms with Crippen molar-refractivity contribution in [2.75, 3.05) is 17.2 Å². The molecule has 0 aliphatic rings. The van der Waals surface area contributed by atoms with Crippen molar-refractivity contribution in [2.24, 2.45) is 0 Å². The van der Waals surface area contributed by atoms with Gasteiger partial charge in [-0.1, -0.05) is 17.7 Å². The highest BCUT2D eigenvalue weighted by Crippen LogP contribution is 2.21. The topological polar surface area (TPSA) is 41.1 Å². The Labute approximate surface area is 124 Å². The van der Waals surface area contributed by atoms with Crippen molar-refractivity contribution in [1.29, 1.82) is 0 Å². The second-order valence-corrected chi connectivity index (χ2v) is 5.02. The predicted octanol–water partition coefficient (Wildman–Crippen LogP) is 4.13. The molecule has 110 valence electrons. The number of anilines is 2. The van der Waals surface area contributed by atoms with Crippen LogP contribution in [0.4, 0.5) is 15.8 Å². The maximum absolute atomic E-state index is 13.8. The third-order valence-corrected chi connectivity index (χ3v) is 3.16. The van der Waals surface area contributed by atoms with Crippen molar-refractivity contribution in [3.05, 3.63) is 58.9 Å². The summed E-state index contributed by atoms with van der Waals surface area (Å²) in [5, 5.41) is 5.76. The van der Waals surface area contributed by atoms with Gasteiger partial charge in [-0.05, 0) is 50.6 Å². The Morgan fingerprint density at radius 1 is 1.05 bits per heavy atom. The fourth-order valence-corrected chi connectivity index (χ4v) is 2.10. The lowest BCUT2D eigenvalue weighted by Crippen LogP contribution is -2.16. The van der Waals surface area contributed by atoms with E-state index in [0.717, 1.165) is 16.8 Å². The lowest BCUT2D eigenvalue weighted by molar-refractivity contribution is 0.102. The van der Waals surface area contributed by atoms with Crippen molar-refractivity contribution in [1.82, 2.24) is 0 Å². The Hall–Kier alpha value is -2.36. The minimum Gasteiger partial charge on any atom is -0.385 e. The summed E-state index contributed by atoms with van der Waals surface area (Å²) < 4.78 is 13.8. The van der Waals surface area contributed by atoms with Crippen molar-refractivity contribution in [3.8, 4) is 0 Å². The molecular formula is C17H19FN2O. The van der Waals surface area contributed by atoms with Crippen LogP contribution in [0.25, 0.3) is 0 Å². The Kier molecular flexibility index (Phi) is 4.58. The normalized spacial score (nSPS) is 10.3. The fraction of sp³-hybridized carbons (Fsp3) is 0.235. The van der Waals surface area contributed by atoms with E-state index in [9.17, 15) is 9.18 Å². The average Bonchev–Trinajstić information content (AvgIpc) is 2.44. The number of aryl methyl sites for hydroxylation is 2. The SMILES string of the molecule is CCNc1ccc(C)cc1C(=O)Nc1ccc(C)cc1F. The molecule has 0 radical (unpaired) electrons. The van der Waals surface area contributed by atoms with Crippen molar-refractivity contribution < 1.29 is 9.18 Å². The third kappa shape index (κ3) is 3.60. The number of amides is 1. The van der Waals surface area contributed by atoms with Gasteiger partial charge in [-0.25, -0.2) is 4.39 Å². The lowest BCUT2D eigenvalue weighted by Gasteiger charge is -2.12. The first-order valence-corrected chi connectivity index (χ1v) is 6.93. The monoisotopic (exact) mass is 286 g/mol. The molecule has 2 rings (SSSR count). The molecule has 0 aliphatic heterocycles. The molecule has 2 aromatic carbocycles. The summed E-state index contributed by atoms with van der Waals surface area (Å²) in [6.45, 7) is 6.39. The van der Waals surface area contributed by atoms with Crippen molar-refractivity contribution in [2.45, 2.75) is 20.8 Å². The van der Waals surface area contributed by atoms with Gasteiger partial charge in [-0.2, -0.15) is 0 Å². The van der Waals surface area contributed by atoms with Crippen LogP contribution in [0, 0.1) is 19.7 Å². The lowest BCUT2D eigenvalue weighted by atomic mass is 10.1. The van der Waals surface area contributed by atoms with Gasteiger partial charge in [0.05, 0.1) is 11.3 Å². The molecule has 2 N–H and O–H groups in total. The van der Waals surface area contributed by atoms with E-state index >= 15 is 0 Å². The zero-order valence-corrected chi connectivity index (χ0v) is 12.5. The maximum Gasteiger partial charge on any atom is 0.257 e. The first kappa shape index (κ1) is 15.0. The number of hydrogen-bond acceptors (Lipinski definition) is 2. The Morgan fingerprint density at radius 2 is 1.67 bits per heavy atom. The summed E-state index contributed by atoms with van der Waals surface area (Å²) in [6.07, 6.45) is 0. The van der Waals surface area contributed by atoms with Gasteiger partial charge in [0.1, 0.15) is 5.82 Å². The minimum absolute atomic E-state index is 0.189. The van der Waals surface area contributed by atoms with Crippen LogP contribution in [0.1, 0.15) is 28.4 Å². The first-order valence-electron chi connectivity index (χ1n) is 6.93. The highest BCUT2D eigenvalue weighted by Gasteiger charge is 2.13. The molecule has 1 amide bonds. The highest BCUT2D eigenvalue weighted by atomic mass is 19.1. The number of rotatable bonds is 4. The number of carbonyl (C=O) groups is 1. The van der Waals surface area contributed by atoms with E-state index in [0.29, 0.717) is 12.1 Å². The Morgan fingerprint density at radius 3 is 2.29 bits per heavy atom. The third-order valence-electron chi connectivity index (χ3n) is 3.16. The van der Waals surface area contributed by atoms with Crippen LogP contribution >= 0.6 is 0 Å². The van der Waals surface area contributed by atoms with Gasteiger partial charge in [0, 0.05) is 12.2 Å². The Bertz CT molecular complexity index is 668. The van der Waals surface area contributed by atoms with Gasteiger partial charge >= 0.3 is 0 Å². The molecule has 0 fully saturated rings. The molecule has 4 heteroatoms. The maximum atomic E-state index is 13.8. The Balaban J connectivity index is 2.29. The highest BCUT2D eigenvalue weighted by molar-refractivity contribution is 6.08. The van der Waals surface area contributed by atoms with Crippen LogP contribution in [-0.4, -0.2) is 12.5 Å². The summed E-state index contributed by atoms with van der Waals surface area (Å²) in [4.78, 5) is 12.4. The number of benzene rings is 2. The van der Waals surface area contributed by atoms with E-state index in [4.69, 9.17) is 0 Å². The number of halogens is 1. The summed E-state index contributed by atoms with van der Waals surface area (Å²) in [5.41, 5.74) is 3.24. The number of nitrogens with one attached hydrogen (secondary N) is 2. The molecule has 0 aromatic heterocycles. The molecule has 0 aliphatic carbocycles. The van der Waals surface area contributed by atoms with Crippen LogP contribution in [0.15, 0.2) is 36.4 Å². The molecule has 3 nitrogen and oxygen atoms in total. The van der Waals surface area contributed by atoms with Crippen molar-refractivity contribution in [3.63, 3.8) is 0 Å². The van der Waals surface area contributed by atoms with E-state index in [2.05, 4.69) is 10.6 Å². The smallest absolute Gasteiger partial charge is 0.257 e. The zero-order chi connectivity index (χ0) is 15.4. The number of hydrogen-bond donors (Lipinski definition) is 2. The van der Waals surface area contributed by atoms with E-state index in [-0.39, 0.29) is 11.6 Å². The fourth-order valence-electron chi connectivity index (χ4n) is 2.10. The second-order valence-electron chi connectivity index (χ2n) is 5.02. The molecule has 0 heterocycles. The van der Waals surface area contributed by atoms with Crippen LogP contribution in [-0.2, 0) is 0 Å². The van der Waals surface area contributed by atoms with E-state index in [1.54, 1.807) is 25.1 Å². The molecule has 2 aromatic rings. The molecule has 21 heavy (non-hydrogen) atoms.